The number of halogens is 1. The van der Waals surface area contributed by atoms with Gasteiger partial charge >= 0.3 is 0 Å². The summed E-state index contributed by atoms with van der Waals surface area (Å²) >= 11 is 6.19. The zero-order chi connectivity index (χ0) is 14.7. The molecule has 0 bridgehead atoms. The van der Waals surface area contributed by atoms with Crippen molar-refractivity contribution in [2.45, 2.75) is 52.4 Å². The highest BCUT2D eigenvalue weighted by atomic mass is 35.5. The third-order valence-electron chi connectivity index (χ3n) is 3.77. The summed E-state index contributed by atoms with van der Waals surface area (Å²) < 4.78 is 11.9. The summed E-state index contributed by atoms with van der Waals surface area (Å²) in [6.45, 7) is 9.82. The second-order valence-corrected chi connectivity index (χ2v) is 5.73. The van der Waals surface area contributed by atoms with Gasteiger partial charge in [-0.05, 0) is 50.6 Å². The van der Waals surface area contributed by atoms with Gasteiger partial charge in [0.25, 0.3) is 0 Å². The Labute approximate surface area is 126 Å². The maximum atomic E-state index is 6.19. The predicted molar refractivity (Wildman–Crippen MR) is 82.8 cm³/mol. The third-order valence-corrected chi connectivity index (χ3v) is 4.37. The number of nitrogens with one attached hydrogen (secondary N) is 1. The van der Waals surface area contributed by atoms with E-state index in [0.29, 0.717) is 12.6 Å². The van der Waals surface area contributed by atoms with E-state index in [1.165, 1.54) is 0 Å². The van der Waals surface area contributed by atoms with Crippen molar-refractivity contribution in [1.29, 1.82) is 0 Å². The van der Waals surface area contributed by atoms with Crippen LogP contribution in [0.15, 0.2) is 12.1 Å². The molecule has 3 atom stereocenters. The van der Waals surface area contributed by atoms with Gasteiger partial charge < -0.3 is 14.8 Å². The maximum Gasteiger partial charge on any atom is 0.128 e. The molecule has 1 saturated carbocycles. The van der Waals surface area contributed by atoms with Gasteiger partial charge in [0.15, 0.2) is 0 Å². The third kappa shape index (κ3) is 3.27. The molecule has 3 nitrogen and oxygen atoms in total. The summed E-state index contributed by atoms with van der Waals surface area (Å²) in [5.41, 5.74) is 2.11. The molecule has 1 N–H and O–H groups in total. The number of likely N-dealkylation sites (N-methyl/N-ethyl adjacent to an activating group) is 1. The van der Waals surface area contributed by atoms with Gasteiger partial charge in [0.1, 0.15) is 18.0 Å². The first kappa shape index (κ1) is 15.6. The normalized spacial score (nSPS) is 25.4. The number of rotatable bonds is 6. The van der Waals surface area contributed by atoms with E-state index >= 15 is 0 Å². The van der Waals surface area contributed by atoms with E-state index < -0.39 is 0 Å². The van der Waals surface area contributed by atoms with Gasteiger partial charge in [-0.2, -0.15) is 0 Å². The maximum absolute atomic E-state index is 6.19. The van der Waals surface area contributed by atoms with Crippen molar-refractivity contribution < 1.29 is 9.47 Å². The molecule has 1 aromatic carbocycles. The molecule has 3 unspecified atom stereocenters. The van der Waals surface area contributed by atoms with Crippen LogP contribution in [0.3, 0.4) is 0 Å². The molecule has 0 aliphatic heterocycles. The second kappa shape index (κ2) is 6.79. The molecular weight excluding hydrogens is 274 g/mol. The van der Waals surface area contributed by atoms with Crippen LogP contribution in [-0.4, -0.2) is 31.4 Å². The Bertz CT molecular complexity index is 441. The minimum absolute atomic E-state index is 0.124. The van der Waals surface area contributed by atoms with Crippen LogP contribution in [0.1, 0.15) is 31.4 Å². The van der Waals surface area contributed by atoms with E-state index in [1.807, 2.05) is 32.9 Å². The van der Waals surface area contributed by atoms with E-state index in [0.717, 1.165) is 34.9 Å². The summed E-state index contributed by atoms with van der Waals surface area (Å²) in [7, 11) is 0. The molecule has 0 spiro atoms. The Morgan fingerprint density at radius 2 is 1.90 bits per heavy atom. The first-order valence-electron chi connectivity index (χ1n) is 7.35. The topological polar surface area (TPSA) is 30.5 Å². The van der Waals surface area contributed by atoms with Gasteiger partial charge in [-0.25, -0.2) is 0 Å². The number of hydrogen-bond donors (Lipinski definition) is 1. The van der Waals surface area contributed by atoms with Crippen LogP contribution >= 0.6 is 11.6 Å². The molecule has 1 aliphatic carbocycles. The van der Waals surface area contributed by atoms with Gasteiger partial charge in [0.2, 0.25) is 0 Å². The highest BCUT2D eigenvalue weighted by Gasteiger charge is 2.43. The van der Waals surface area contributed by atoms with Gasteiger partial charge in [-0.3, -0.25) is 0 Å². The predicted octanol–water partition coefficient (Wildman–Crippen LogP) is 3.49. The second-order valence-electron chi connectivity index (χ2n) is 5.35. The lowest BCUT2D eigenvalue weighted by Gasteiger charge is -2.44. The quantitative estimate of drug-likeness (QED) is 0.872. The molecule has 0 amide bonds. The van der Waals surface area contributed by atoms with Crippen molar-refractivity contribution in [3.63, 3.8) is 0 Å². The monoisotopic (exact) mass is 297 g/mol. The van der Waals surface area contributed by atoms with Gasteiger partial charge in [-0.1, -0.05) is 18.5 Å². The summed E-state index contributed by atoms with van der Waals surface area (Å²) in [6.07, 6.45) is 1.24. The summed E-state index contributed by atoms with van der Waals surface area (Å²) in [5.74, 6) is 0.883. The Balaban J connectivity index is 2.03. The zero-order valence-electron chi connectivity index (χ0n) is 12.7. The van der Waals surface area contributed by atoms with Crippen molar-refractivity contribution >= 4 is 11.6 Å². The first-order chi connectivity index (χ1) is 9.56. The van der Waals surface area contributed by atoms with Crippen LogP contribution in [-0.2, 0) is 4.74 Å². The lowest BCUT2D eigenvalue weighted by Crippen LogP contribution is -2.61. The van der Waals surface area contributed by atoms with Crippen LogP contribution in [0.2, 0.25) is 5.02 Å². The van der Waals surface area contributed by atoms with Crippen LogP contribution < -0.4 is 10.1 Å². The van der Waals surface area contributed by atoms with Crippen LogP contribution in [0.5, 0.6) is 5.75 Å². The molecule has 1 fully saturated rings. The Morgan fingerprint density at radius 1 is 1.25 bits per heavy atom. The molecular formula is C16H24ClNO2. The molecule has 0 aromatic heterocycles. The number of hydrogen-bond acceptors (Lipinski definition) is 3. The summed E-state index contributed by atoms with van der Waals surface area (Å²) in [6, 6.07) is 4.40. The highest BCUT2D eigenvalue weighted by Crippen LogP contribution is 2.32. The minimum atomic E-state index is 0.124. The molecule has 112 valence electrons. The fraction of sp³-hybridized carbons (Fsp3) is 0.625. The molecule has 0 saturated heterocycles. The zero-order valence-corrected chi connectivity index (χ0v) is 13.5. The van der Waals surface area contributed by atoms with Crippen LogP contribution in [0.25, 0.3) is 0 Å². The minimum Gasteiger partial charge on any atom is -0.488 e. The fourth-order valence-electron chi connectivity index (χ4n) is 2.72. The van der Waals surface area contributed by atoms with Crippen molar-refractivity contribution in [2.75, 3.05) is 13.2 Å². The molecule has 1 aliphatic rings. The van der Waals surface area contributed by atoms with E-state index in [2.05, 4.69) is 12.2 Å². The molecule has 0 radical (unpaired) electrons. The van der Waals surface area contributed by atoms with Gasteiger partial charge in [-0.15, -0.1) is 0 Å². The smallest absolute Gasteiger partial charge is 0.128 e. The average molecular weight is 298 g/mol. The Hall–Kier alpha value is -0.770. The lowest BCUT2D eigenvalue weighted by atomic mass is 9.85. The van der Waals surface area contributed by atoms with Crippen LogP contribution in [0, 0.1) is 13.8 Å². The average Bonchev–Trinajstić information content (AvgIpc) is 2.41. The van der Waals surface area contributed by atoms with Crippen molar-refractivity contribution in [3.05, 3.63) is 28.3 Å². The highest BCUT2D eigenvalue weighted by molar-refractivity contribution is 6.32. The molecule has 20 heavy (non-hydrogen) atoms. The Kier molecular flexibility index (Phi) is 5.30. The van der Waals surface area contributed by atoms with E-state index in [9.17, 15) is 0 Å². The number of benzene rings is 1. The molecule has 1 aromatic rings. The lowest BCUT2D eigenvalue weighted by molar-refractivity contribution is -0.104. The number of aryl methyl sites for hydroxylation is 2. The standard InChI is InChI=1S/C16H24ClNO2/c1-5-18-13-9-14(16(13)19-6-2)20-12-7-10(3)15(17)11(4)8-12/h7-8,13-14,16,18H,5-6,9H2,1-4H3. The summed E-state index contributed by atoms with van der Waals surface area (Å²) in [5, 5.41) is 4.26. The number of ether oxygens (including phenoxy) is 2. The SMILES string of the molecule is CCNC1CC(Oc2cc(C)c(Cl)c(C)c2)C1OCC. The van der Waals surface area contributed by atoms with Crippen molar-refractivity contribution in [1.82, 2.24) is 5.32 Å². The van der Waals surface area contributed by atoms with E-state index in [1.54, 1.807) is 0 Å². The first-order valence-corrected chi connectivity index (χ1v) is 7.73. The van der Waals surface area contributed by atoms with Gasteiger partial charge in [0, 0.05) is 24.1 Å². The van der Waals surface area contributed by atoms with E-state index in [-0.39, 0.29) is 12.2 Å². The van der Waals surface area contributed by atoms with Gasteiger partial charge in [0.05, 0.1) is 0 Å². The molecule has 0 heterocycles. The van der Waals surface area contributed by atoms with Crippen molar-refractivity contribution in [2.24, 2.45) is 0 Å². The van der Waals surface area contributed by atoms with Crippen LogP contribution in [0.4, 0.5) is 0 Å². The van der Waals surface area contributed by atoms with E-state index in [4.69, 9.17) is 21.1 Å². The Morgan fingerprint density at radius 3 is 2.45 bits per heavy atom. The molecule has 4 heteroatoms. The van der Waals surface area contributed by atoms with Crippen molar-refractivity contribution in [3.8, 4) is 5.75 Å². The summed E-state index contributed by atoms with van der Waals surface area (Å²) in [4.78, 5) is 0. The fourth-order valence-corrected chi connectivity index (χ4v) is 2.83. The largest absolute Gasteiger partial charge is 0.488 e. The molecule has 2 rings (SSSR count).